The fourth-order valence-corrected chi connectivity index (χ4v) is 3.40. The third-order valence-corrected chi connectivity index (χ3v) is 4.73. The number of fused-ring (bicyclic) bond motifs is 2. The fourth-order valence-electron chi connectivity index (χ4n) is 3.40. The molecule has 0 saturated carbocycles. The SMILES string of the molecule is CC(=O)OCCOc1ccc2c(c1)CN1C(=N2)NC(=O)C1Cc1ccccc1. The smallest absolute Gasteiger partial charge is 0.302 e. The highest BCUT2D eigenvalue weighted by Gasteiger charge is 2.39. The Morgan fingerprint density at radius 2 is 2.04 bits per heavy atom. The molecule has 0 spiro atoms. The summed E-state index contributed by atoms with van der Waals surface area (Å²) in [6.07, 6.45) is 0.625. The van der Waals surface area contributed by atoms with Gasteiger partial charge >= 0.3 is 5.97 Å². The number of hydrogen-bond donors (Lipinski definition) is 1. The largest absolute Gasteiger partial charge is 0.490 e. The van der Waals surface area contributed by atoms with Crippen molar-refractivity contribution >= 4 is 23.5 Å². The minimum absolute atomic E-state index is 0.0340. The highest BCUT2D eigenvalue weighted by atomic mass is 16.6. The van der Waals surface area contributed by atoms with Crippen molar-refractivity contribution in [1.82, 2.24) is 10.2 Å². The molecule has 1 unspecified atom stereocenters. The zero-order valence-electron chi connectivity index (χ0n) is 15.6. The van der Waals surface area contributed by atoms with Gasteiger partial charge in [0.2, 0.25) is 11.9 Å². The van der Waals surface area contributed by atoms with Crippen molar-refractivity contribution < 1.29 is 19.1 Å². The van der Waals surface area contributed by atoms with Crippen molar-refractivity contribution in [2.45, 2.75) is 25.9 Å². The zero-order valence-corrected chi connectivity index (χ0v) is 15.6. The molecule has 28 heavy (non-hydrogen) atoms. The van der Waals surface area contributed by atoms with Crippen LogP contribution < -0.4 is 10.1 Å². The van der Waals surface area contributed by atoms with Gasteiger partial charge in [-0.2, -0.15) is 0 Å². The number of nitrogens with one attached hydrogen (secondary N) is 1. The summed E-state index contributed by atoms with van der Waals surface area (Å²) in [5.74, 6) is 0.921. The maximum atomic E-state index is 12.5. The molecule has 0 aromatic heterocycles. The van der Waals surface area contributed by atoms with E-state index in [1.807, 2.05) is 53.4 Å². The molecule has 2 heterocycles. The number of guanidine groups is 1. The second-order valence-corrected chi connectivity index (χ2v) is 6.74. The monoisotopic (exact) mass is 379 g/mol. The number of amides is 1. The van der Waals surface area contributed by atoms with Crippen LogP contribution in [0.1, 0.15) is 18.1 Å². The molecular weight excluding hydrogens is 358 g/mol. The van der Waals surface area contributed by atoms with E-state index < -0.39 is 0 Å². The lowest BCUT2D eigenvalue weighted by atomic mass is 10.0. The number of ether oxygens (including phenoxy) is 2. The van der Waals surface area contributed by atoms with E-state index in [-0.39, 0.29) is 31.1 Å². The number of nitrogens with zero attached hydrogens (tertiary/aromatic N) is 2. The molecule has 1 atom stereocenters. The average molecular weight is 379 g/mol. The van der Waals surface area contributed by atoms with Crippen LogP contribution in [-0.2, 0) is 27.3 Å². The van der Waals surface area contributed by atoms with E-state index in [9.17, 15) is 9.59 Å². The summed E-state index contributed by atoms with van der Waals surface area (Å²) in [5, 5.41) is 2.89. The van der Waals surface area contributed by atoms with Gasteiger partial charge in [-0.25, -0.2) is 4.99 Å². The summed E-state index contributed by atoms with van der Waals surface area (Å²) in [5.41, 5.74) is 2.92. The van der Waals surface area contributed by atoms with Crippen LogP contribution in [-0.4, -0.2) is 42.0 Å². The first-order chi connectivity index (χ1) is 13.6. The lowest BCUT2D eigenvalue weighted by Crippen LogP contribution is -2.38. The number of esters is 1. The molecular formula is C21H21N3O4. The van der Waals surface area contributed by atoms with Gasteiger partial charge in [0.25, 0.3) is 0 Å². The van der Waals surface area contributed by atoms with Crippen LogP contribution in [0.2, 0.25) is 0 Å². The van der Waals surface area contributed by atoms with Gasteiger partial charge in [0.15, 0.2) is 0 Å². The molecule has 144 valence electrons. The van der Waals surface area contributed by atoms with Gasteiger partial charge in [0, 0.05) is 25.5 Å². The maximum Gasteiger partial charge on any atom is 0.302 e. The molecule has 0 radical (unpaired) electrons. The van der Waals surface area contributed by atoms with Gasteiger partial charge < -0.3 is 14.4 Å². The van der Waals surface area contributed by atoms with E-state index in [2.05, 4.69) is 10.3 Å². The summed E-state index contributed by atoms with van der Waals surface area (Å²) >= 11 is 0. The Bertz CT molecular complexity index is 927. The van der Waals surface area contributed by atoms with E-state index in [4.69, 9.17) is 9.47 Å². The first-order valence-electron chi connectivity index (χ1n) is 9.19. The molecule has 1 N–H and O–H groups in total. The quantitative estimate of drug-likeness (QED) is 0.615. The Morgan fingerprint density at radius 1 is 1.21 bits per heavy atom. The van der Waals surface area contributed by atoms with Crippen molar-refractivity contribution in [2.24, 2.45) is 4.99 Å². The van der Waals surface area contributed by atoms with Crippen LogP contribution in [0.5, 0.6) is 5.75 Å². The van der Waals surface area contributed by atoms with Gasteiger partial charge in [-0.1, -0.05) is 30.3 Å². The summed E-state index contributed by atoms with van der Waals surface area (Å²) in [4.78, 5) is 29.9. The first-order valence-corrected chi connectivity index (χ1v) is 9.19. The number of rotatable bonds is 6. The molecule has 2 aromatic rings. The van der Waals surface area contributed by atoms with E-state index in [1.54, 1.807) is 0 Å². The molecule has 2 aromatic carbocycles. The van der Waals surface area contributed by atoms with E-state index in [1.165, 1.54) is 6.92 Å². The van der Waals surface area contributed by atoms with E-state index >= 15 is 0 Å². The minimum Gasteiger partial charge on any atom is -0.490 e. The highest BCUT2D eigenvalue weighted by molar-refractivity contribution is 6.07. The Labute approximate surface area is 163 Å². The Morgan fingerprint density at radius 3 is 2.82 bits per heavy atom. The van der Waals surface area contributed by atoms with Crippen LogP contribution in [0.25, 0.3) is 0 Å². The first kappa shape index (κ1) is 18.0. The molecule has 7 heteroatoms. The van der Waals surface area contributed by atoms with Crippen LogP contribution in [0.3, 0.4) is 0 Å². The predicted molar refractivity (Wildman–Crippen MR) is 103 cm³/mol. The lowest BCUT2D eigenvalue weighted by Gasteiger charge is -2.28. The molecule has 1 amide bonds. The molecule has 0 aliphatic carbocycles. The van der Waals surface area contributed by atoms with Gasteiger partial charge in [-0.15, -0.1) is 0 Å². The Hall–Kier alpha value is -3.35. The number of aliphatic imine (C=N–C) groups is 1. The lowest BCUT2D eigenvalue weighted by molar-refractivity contribution is -0.141. The average Bonchev–Trinajstić information content (AvgIpc) is 2.98. The third kappa shape index (κ3) is 3.83. The van der Waals surface area contributed by atoms with Crippen LogP contribution in [0.4, 0.5) is 5.69 Å². The summed E-state index contributed by atoms with van der Waals surface area (Å²) in [6.45, 7) is 2.43. The van der Waals surface area contributed by atoms with Crippen molar-refractivity contribution in [1.29, 1.82) is 0 Å². The van der Waals surface area contributed by atoms with Gasteiger partial charge in [0.1, 0.15) is 25.0 Å². The second-order valence-electron chi connectivity index (χ2n) is 6.74. The Balaban J connectivity index is 1.47. The normalized spacial score (nSPS) is 17.3. The van der Waals surface area contributed by atoms with Crippen molar-refractivity contribution in [3.63, 3.8) is 0 Å². The van der Waals surface area contributed by atoms with Crippen LogP contribution in [0.15, 0.2) is 53.5 Å². The van der Waals surface area contributed by atoms with Crippen LogP contribution >= 0.6 is 0 Å². The second kappa shape index (κ2) is 7.72. The summed E-state index contributed by atoms with van der Waals surface area (Å²) in [6, 6.07) is 15.3. The number of carbonyl (C=O) groups is 2. The topological polar surface area (TPSA) is 80.2 Å². The fraction of sp³-hybridized carbons (Fsp3) is 0.286. The number of benzene rings is 2. The molecule has 2 aliphatic rings. The molecule has 4 rings (SSSR count). The number of hydrogen-bond acceptors (Lipinski definition) is 6. The zero-order chi connectivity index (χ0) is 19.5. The van der Waals surface area contributed by atoms with Gasteiger partial charge in [-0.3, -0.25) is 14.9 Å². The van der Waals surface area contributed by atoms with Crippen molar-refractivity contribution in [3.8, 4) is 5.75 Å². The molecule has 2 aliphatic heterocycles. The minimum atomic E-state index is -0.327. The number of carbonyl (C=O) groups excluding carboxylic acids is 2. The molecule has 7 nitrogen and oxygen atoms in total. The van der Waals surface area contributed by atoms with Crippen molar-refractivity contribution in [3.05, 3.63) is 59.7 Å². The molecule has 1 fully saturated rings. The van der Waals surface area contributed by atoms with E-state index in [0.29, 0.717) is 24.7 Å². The Kier molecular flexibility index (Phi) is 4.97. The van der Waals surface area contributed by atoms with Crippen LogP contribution in [0, 0.1) is 0 Å². The maximum absolute atomic E-state index is 12.5. The molecule has 0 bridgehead atoms. The predicted octanol–water partition coefficient (Wildman–Crippen LogP) is 2.17. The third-order valence-electron chi connectivity index (χ3n) is 4.73. The van der Waals surface area contributed by atoms with Gasteiger partial charge in [0.05, 0.1) is 5.69 Å². The summed E-state index contributed by atoms with van der Waals surface area (Å²) < 4.78 is 10.5. The standard InChI is InChI=1S/C21H21N3O4/c1-14(25)27-9-10-28-17-7-8-18-16(12-17)13-24-19(20(26)23-21(24)22-18)11-15-5-3-2-4-6-15/h2-8,12,19H,9-11,13H2,1H3,(H,22,23,26). The summed E-state index contributed by atoms with van der Waals surface area (Å²) in [7, 11) is 0. The van der Waals surface area contributed by atoms with E-state index in [0.717, 1.165) is 16.8 Å². The highest BCUT2D eigenvalue weighted by Crippen LogP contribution is 2.32. The molecule has 1 saturated heterocycles. The van der Waals surface area contributed by atoms with Gasteiger partial charge in [-0.05, 0) is 23.8 Å². The van der Waals surface area contributed by atoms with Crippen molar-refractivity contribution in [2.75, 3.05) is 13.2 Å².